The van der Waals surface area contributed by atoms with Crippen LogP contribution in [0.1, 0.15) is 31.7 Å². The van der Waals surface area contributed by atoms with Gasteiger partial charge in [-0.15, -0.1) is 0 Å². The van der Waals surface area contributed by atoms with Gasteiger partial charge in [0.25, 0.3) is 0 Å². The van der Waals surface area contributed by atoms with E-state index in [2.05, 4.69) is 10.1 Å². The van der Waals surface area contributed by atoms with Crippen LogP contribution in [-0.2, 0) is 16.1 Å². The van der Waals surface area contributed by atoms with Crippen molar-refractivity contribution in [3.05, 3.63) is 11.7 Å². The fourth-order valence-electron chi connectivity index (χ4n) is 1.52. The second-order valence-electron chi connectivity index (χ2n) is 4.75. The Morgan fingerprint density at radius 3 is 2.53 bits per heavy atom. The Morgan fingerprint density at radius 2 is 2.00 bits per heavy atom. The first kappa shape index (κ1) is 15.6. The third-order valence-electron chi connectivity index (χ3n) is 3.04. The van der Waals surface area contributed by atoms with Gasteiger partial charge in [-0.3, -0.25) is 9.69 Å². The molecule has 0 aromatic carbocycles. The van der Waals surface area contributed by atoms with E-state index in [-0.39, 0.29) is 18.1 Å². The molecule has 0 spiro atoms. The molecule has 0 saturated heterocycles. The van der Waals surface area contributed by atoms with Crippen LogP contribution in [-0.4, -0.2) is 60.1 Å². The Bertz CT molecular complexity index is 419. The van der Waals surface area contributed by atoms with Crippen LogP contribution in [0.5, 0.6) is 0 Å². The molecule has 2 atom stereocenters. The lowest BCUT2D eigenvalue weighted by Gasteiger charge is -2.24. The van der Waals surface area contributed by atoms with Crippen LogP contribution in [0.3, 0.4) is 0 Å². The number of carbonyl (C=O) groups is 1. The lowest BCUT2D eigenvalue weighted by atomic mass is 10.2. The third kappa shape index (κ3) is 4.00. The average Bonchev–Trinajstić information content (AvgIpc) is 2.84. The summed E-state index contributed by atoms with van der Waals surface area (Å²) in [5, 5.41) is 3.85. The molecule has 0 saturated carbocycles. The van der Waals surface area contributed by atoms with Gasteiger partial charge in [0.15, 0.2) is 5.82 Å². The summed E-state index contributed by atoms with van der Waals surface area (Å²) in [6, 6.07) is -0.245. The fourth-order valence-corrected chi connectivity index (χ4v) is 1.52. The molecular weight excluding hydrogens is 248 g/mol. The van der Waals surface area contributed by atoms with Crippen LogP contribution in [0.2, 0.25) is 0 Å². The number of hydrogen-bond donors (Lipinski definition) is 0. The van der Waals surface area contributed by atoms with Crippen molar-refractivity contribution in [1.82, 2.24) is 19.9 Å². The molecule has 0 fully saturated rings. The Kier molecular flexibility index (Phi) is 5.44. The lowest BCUT2D eigenvalue weighted by Crippen LogP contribution is -2.42. The summed E-state index contributed by atoms with van der Waals surface area (Å²) in [6.07, 6.45) is -0.205. The molecule has 0 aliphatic heterocycles. The summed E-state index contributed by atoms with van der Waals surface area (Å²) in [7, 11) is 6.90. The highest BCUT2D eigenvalue weighted by Crippen LogP contribution is 2.13. The zero-order chi connectivity index (χ0) is 14.6. The number of hydrogen-bond acceptors (Lipinski definition) is 6. The standard InChI is InChI=1S/C12H22N4O3/c1-8(12(17)15(3)4)16(5)7-10-13-11(14-19-10)9(2)18-6/h8-9H,7H2,1-6H3. The van der Waals surface area contributed by atoms with Crippen molar-refractivity contribution in [3.8, 4) is 0 Å². The SMILES string of the molecule is COC(C)c1noc(CN(C)C(C)C(=O)N(C)C)n1. The normalized spacial score (nSPS) is 14.5. The predicted molar refractivity (Wildman–Crippen MR) is 69.3 cm³/mol. The molecular formula is C12H22N4O3. The maximum atomic E-state index is 11.8. The van der Waals surface area contributed by atoms with E-state index in [0.29, 0.717) is 18.3 Å². The van der Waals surface area contributed by atoms with E-state index in [0.717, 1.165) is 0 Å². The van der Waals surface area contributed by atoms with Gasteiger partial charge in [-0.25, -0.2) is 0 Å². The van der Waals surface area contributed by atoms with E-state index in [1.807, 2.05) is 25.8 Å². The van der Waals surface area contributed by atoms with Crippen molar-refractivity contribution in [2.45, 2.75) is 32.5 Å². The average molecular weight is 270 g/mol. The molecule has 0 aliphatic carbocycles. The topological polar surface area (TPSA) is 71.7 Å². The smallest absolute Gasteiger partial charge is 0.240 e. The second-order valence-corrected chi connectivity index (χ2v) is 4.75. The highest BCUT2D eigenvalue weighted by atomic mass is 16.5. The largest absolute Gasteiger partial charge is 0.374 e. The fraction of sp³-hybridized carbons (Fsp3) is 0.750. The Labute approximate surface area is 113 Å². The van der Waals surface area contributed by atoms with Crippen molar-refractivity contribution in [2.24, 2.45) is 0 Å². The van der Waals surface area contributed by atoms with Gasteiger partial charge in [-0.1, -0.05) is 5.16 Å². The van der Waals surface area contributed by atoms with Crippen LogP contribution in [0.15, 0.2) is 4.52 Å². The van der Waals surface area contributed by atoms with E-state index < -0.39 is 0 Å². The lowest BCUT2D eigenvalue weighted by molar-refractivity contribution is -0.133. The Morgan fingerprint density at radius 1 is 1.37 bits per heavy atom. The molecule has 1 amide bonds. The van der Waals surface area contributed by atoms with Crippen molar-refractivity contribution in [1.29, 1.82) is 0 Å². The molecule has 0 N–H and O–H groups in total. The first-order valence-corrected chi connectivity index (χ1v) is 6.13. The summed E-state index contributed by atoms with van der Waals surface area (Å²) in [5.74, 6) is 1.02. The van der Waals surface area contributed by atoms with E-state index in [4.69, 9.17) is 9.26 Å². The first-order chi connectivity index (χ1) is 8.86. The molecule has 7 heteroatoms. The van der Waals surface area contributed by atoms with Gasteiger partial charge in [0.1, 0.15) is 6.10 Å². The highest BCUT2D eigenvalue weighted by molar-refractivity contribution is 5.80. The number of likely N-dealkylation sites (N-methyl/N-ethyl adjacent to an activating group) is 2. The number of rotatable bonds is 6. The maximum Gasteiger partial charge on any atom is 0.240 e. The number of amides is 1. The molecule has 2 unspecified atom stereocenters. The van der Waals surface area contributed by atoms with Crippen molar-refractivity contribution >= 4 is 5.91 Å². The monoisotopic (exact) mass is 270 g/mol. The molecule has 1 aromatic rings. The van der Waals surface area contributed by atoms with E-state index in [1.54, 1.807) is 26.1 Å². The molecule has 1 aromatic heterocycles. The molecule has 108 valence electrons. The molecule has 0 aliphatic rings. The molecule has 19 heavy (non-hydrogen) atoms. The summed E-state index contributed by atoms with van der Waals surface area (Å²) in [6.45, 7) is 4.11. The quantitative estimate of drug-likeness (QED) is 0.757. The predicted octanol–water partition coefficient (Wildman–Crippen LogP) is 0.686. The van der Waals surface area contributed by atoms with E-state index in [1.165, 1.54) is 0 Å². The van der Waals surface area contributed by atoms with Crippen LogP contribution < -0.4 is 0 Å². The number of carbonyl (C=O) groups excluding carboxylic acids is 1. The number of methoxy groups -OCH3 is 1. The third-order valence-corrected chi connectivity index (χ3v) is 3.04. The second kappa shape index (κ2) is 6.63. The number of aromatic nitrogens is 2. The molecule has 0 radical (unpaired) electrons. The maximum absolute atomic E-state index is 11.8. The highest BCUT2D eigenvalue weighted by Gasteiger charge is 2.22. The van der Waals surface area contributed by atoms with Crippen LogP contribution in [0, 0.1) is 0 Å². The van der Waals surface area contributed by atoms with Gasteiger partial charge in [-0.05, 0) is 20.9 Å². The van der Waals surface area contributed by atoms with Crippen LogP contribution in [0.25, 0.3) is 0 Å². The van der Waals surface area contributed by atoms with Crippen LogP contribution >= 0.6 is 0 Å². The zero-order valence-corrected chi connectivity index (χ0v) is 12.4. The van der Waals surface area contributed by atoms with Crippen LogP contribution in [0.4, 0.5) is 0 Å². The molecule has 7 nitrogen and oxygen atoms in total. The van der Waals surface area contributed by atoms with Gasteiger partial charge in [0.05, 0.1) is 12.6 Å². The van der Waals surface area contributed by atoms with Gasteiger partial charge in [0.2, 0.25) is 11.8 Å². The van der Waals surface area contributed by atoms with Gasteiger partial charge >= 0.3 is 0 Å². The molecule has 1 rings (SSSR count). The van der Waals surface area contributed by atoms with Gasteiger partial charge in [-0.2, -0.15) is 4.98 Å². The number of nitrogens with zero attached hydrogens (tertiary/aromatic N) is 4. The van der Waals surface area contributed by atoms with Gasteiger partial charge < -0.3 is 14.2 Å². The zero-order valence-electron chi connectivity index (χ0n) is 12.4. The summed E-state index contributed by atoms with van der Waals surface area (Å²) in [4.78, 5) is 19.5. The minimum absolute atomic E-state index is 0.0347. The van der Waals surface area contributed by atoms with E-state index >= 15 is 0 Å². The minimum atomic E-state index is -0.245. The first-order valence-electron chi connectivity index (χ1n) is 6.13. The van der Waals surface area contributed by atoms with E-state index in [9.17, 15) is 4.79 Å². The van der Waals surface area contributed by atoms with Gasteiger partial charge in [0, 0.05) is 21.2 Å². The van der Waals surface area contributed by atoms with Crippen molar-refractivity contribution in [2.75, 3.05) is 28.3 Å². The summed E-state index contributed by atoms with van der Waals surface area (Å²) < 4.78 is 10.3. The minimum Gasteiger partial charge on any atom is -0.374 e. The molecule has 0 bridgehead atoms. The number of ether oxygens (including phenoxy) is 1. The summed E-state index contributed by atoms with van der Waals surface area (Å²) in [5.41, 5.74) is 0. The van der Waals surface area contributed by atoms with Crippen molar-refractivity contribution < 1.29 is 14.1 Å². The van der Waals surface area contributed by atoms with Crippen molar-refractivity contribution in [3.63, 3.8) is 0 Å². The Balaban J connectivity index is 2.64. The summed E-state index contributed by atoms with van der Waals surface area (Å²) >= 11 is 0. The Hall–Kier alpha value is -1.47. The molecule has 1 heterocycles.